The van der Waals surface area contributed by atoms with Gasteiger partial charge in [-0.1, -0.05) is 30.3 Å². The Labute approximate surface area is 121 Å². The zero-order valence-electron chi connectivity index (χ0n) is 11.5. The SMILES string of the molecule is CC(C)(N)CN1CC(=O)N(Cc2ccccc2)C1.Cl. The largest absolute Gasteiger partial charge is 0.324 e. The van der Waals surface area contributed by atoms with E-state index in [4.69, 9.17) is 5.73 Å². The molecule has 0 bridgehead atoms. The Morgan fingerprint density at radius 2 is 1.89 bits per heavy atom. The van der Waals surface area contributed by atoms with Crippen molar-refractivity contribution in [3.63, 3.8) is 0 Å². The Balaban J connectivity index is 0.00000180. The molecule has 0 saturated carbocycles. The van der Waals surface area contributed by atoms with Crippen molar-refractivity contribution in [2.45, 2.75) is 25.9 Å². The van der Waals surface area contributed by atoms with Gasteiger partial charge in [0.2, 0.25) is 5.91 Å². The van der Waals surface area contributed by atoms with Crippen molar-refractivity contribution in [2.75, 3.05) is 19.8 Å². The van der Waals surface area contributed by atoms with Crippen LogP contribution in [0.5, 0.6) is 0 Å². The molecule has 1 heterocycles. The van der Waals surface area contributed by atoms with Crippen LogP contribution in [0.15, 0.2) is 30.3 Å². The number of nitrogens with two attached hydrogens (primary N) is 1. The van der Waals surface area contributed by atoms with E-state index in [1.807, 2.05) is 49.1 Å². The van der Waals surface area contributed by atoms with Crippen LogP contribution in [-0.2, 0) is 11.3 Å². The van der Waals surface area contributed by atoms with Crippen molar-refractivity contribution < 1.29 is 4.79 Å². The fourth-order valence-electron chi connectivity index (χ4n) is 2.29. The predicted molar refractivity (Wildman–Crippen MR) is 78.9 cm³/mol. The van der Waals surface area contributed by atoms with E-state index in [2.05, 4.69) is 4.90 Å². The minimum atomic E-state index is -0.261. The number of hydrogen-bond donors (Lipinski definition) is 1. The zero-order chi connectivity index (χ0) is 13.2. The second-order valence-electron chi connectivity index (χ2n) is 5.69. The summed E-state index contributed by atoms with van der Waals surface area (Å²) in [5.74, 6) is 0.183. The first-order valence-electron chi connectivity index (χ1n) is 6.27. The summed E-state index contributed by atoms with van der Waals surface area (Å²) in [4.78, 5) is 15.9. The minimum Gasteiger partial charge on any atom is -0.324 e. The van der Waals surface area contributed by atoms with Gasteiger partial charge >= 0.3 is 0 Å². The maximum absolute atomic E-state index is 11.9. The van der Waals surface area contributed by atoms with Gasteiger partial charge in [-0.2, -0.15) is 0 Å². The molecular weight excluding hydrogens is 262 g/mol. The number of halogens is 1. The van der Waals surface area contributed by atoms with E-state index in [1.165, 1.54) is 5.56 Å². The first-order chi connectivity index (χ1) is 8.44. The molecular formula is C14H22ClN3O. The lowest BCUT2D eigenvalue weighted by molar-refractivity contribution is -0.127. The molecule has 0 aromatic heterocycles. The van der Waals surface area contributed by atoms with E-state index in [1.54, 1.807) is 0 Å². The topological polar surface area (TPSA) is 49.6 Å². The molecule has 1 fully saturated rings. The summed E-state index contributed by atoms with van der Waals surface area (Å²) < 4.78 is 0. The van der Waals surface area contributed by atoms with Gasteiger partial charge in [0.25, 0.3) is 0 Å². The normalized spacial score (nSPS) is 16.6. The van der Waals surface area contributed by atoms with Crippen molar-refractivity contribution in [2.24, 2.45) is 5.73 Å². The van der Waals surface area contributed by atoms with Crippen LogP contribution >= 0.6 is 12.4 Å². The van der Waals surface area contributed by atoms with Gasteiger partial charge in [-0.25, -0.2) is 0 Å². The van der Waals surface area contributed by atoms with E-state index >= 15 is 0 Å². The van der Waals surface area contributed by atoms with Crippen molar-refractivity contribution >= 4 is 18.3 Å². The highest BCUT2D eigenvalue weighted by atomic mass is 35.5. The van der Waals surface area contributed by atoms with Crippen molar-refractivity contribution in [1.82, 2.24) is 9.80 Å². The lowest BCUT2D eigenvalue weighted by atomic mass is 10.1. The minimum absolute atomic E-state index is 0. The van der Waals surface area contributed by atoms with Gasteiger partial charge < -0.3 is 10.6 Å². The highest BCUT2D eigenvalue weighted by Crippen LogP contribution is 2.13. The maximum atomic E-state index is 11.9. The molecule has 106 valence electrons. The molecule has 1 aromatic carbocycles. The fourth-order valence-corrected chi connectivity index (χ4v) is 2.29. The lowest BCUT2D eigenvalue weighted by Gasteiger charge is -2.25. The maximum Gasteiger partial charge on any atom is 0.238 e. The highest BCUT2D eigenvalue weighted by Gasteiger charge is 2.29. The first kappa shape index (κ1) is 16.0. The summed E-state index contributed by atoms with van der Waals surface area (Å²) in [6.45, 7) is 6.54. The molecule has 1 aliphatic heterocycles. The molecule has 5 heteroatoms. The third kappa shape index (κ3) is 4.82. The Kier molecular flexibility index (Phi) is 5.35. The number of nitrogens with zero attached hydrogens (tertiary/aromatic N) is 2. The summed E-state index contributed by atoms with van der Waals surface area (Å²) in [5.41, 5.74) is 6.89. The van der Waals surface area contributed by atoms with Crippen molar-refractivity contribution in [3.05, 3.63) is 35.9 Å². The van der Waals surface area contributed by atoms with E-state index in [0.717, 1.165) is 6.54 Å². The quantitative estimate of drug-likeness (QED) is 0.910. The van der Waals surface area contributed by atoms with Gasteiger partial charge in [0.1, 0.15) is 0 Å². The summed E-state index contributed by atoms with van der Waals surface area (Å²) in [5, 5.41) is 0. The lowest BCUT2D eigenvalue weighted by Crippen LogP contribution is -2.45. The number of carbonyl (C=O) groups excluding carboxylic acids is 1. The van der Waals surface area contributed by atoms with E-state index in [-0.39, 0.29) is 23.9 Å². The van der Waals surface area contributed by atoms with Gasteiger partial charge in [-0.15, -0.1) is 12.4 Å². The van der Waals surface area contributed by atoms with Crippen LogP contribution in [0.25, 0.3) is 0 Å². The Morgan fingerprint density at radius 1 is 1.26 bits per heavy atom. The van der Waals surface area contributed by atoms with Crippen LogP contribution in [-0.4, -0.2) is 41.0 Å². The highest BCUT2D eigenvalue weighted by molar-refractivity contribution is 5.85. The van der Waals surface area contributed by atoms with Crippen LogP contribution in [0.2, 0.25) is 0 Å². The second-order valence-corrected chi connectivity index (χ2v) is 5.69. The van der Waals surface area contributed by atoms with Crippen LogP contribution in [0.3, 0.4) is 0 Å². The monoisotopic (exact) mass is 283 g/mol. The molecule has 0 spiro atoms. The number of hydrogen-bond acceptors (Lipinski definition) is 3. The fraction of sp³-hybridized carbons (Fsp3) is 0.500. The number of benzene rings is 1. The standard InChI is InChI=1S/C14H21N3O.ClH/c1-14(2,15)10-16-9-13(18)17(11-16)8-12-6-4-3-5-7-12;/h3-7H,8-11,15H2,1-2H3;1H. The third-order valence-corrected chi connectivity index (χ3v) is 2.93. The molecule has 0 aliphatic carbocycles. The van der Waals surface area contributed by atoms with Gasteiger partial charge in [0.15, 0.2) is 0 Å². The molecule has 2 N–H and O–H groups in total. The Bertz CT molecular complexity index is 416. The Hall–Kier alpha value is -1.10. The molecule has 4 nitrogen and oxygen atoms in total. The Morgan fingerprint density at radius 3 is 2.47 bits per heavy atom. The summed E-state index contributed by atoms with van der Waals surface area (Å²) in [6, 6.07) is 10.1. The molecule has 1 aromatic rings. The molecule has 0 atom stereocenters. The third-order valence-electron chi connectivity index (χ3n) is 2.93. The van der Waals surface area contributed by atoms with E-state index in [0.29, 0.717) is 19.8 Å². The number of carbonyl (C=O) groups is 1. The number of rotatable bonds is 4. The summed E-state index contributed by atoms with van der Waals surface area (Å²) >= 11 is 0. The van der Waals surface area contributed by atoms with Crippen molar-refractivity contribution in [1.29, 1.82) is 0 Å². The average Bonchev–Trinajstić information content (AvgIpc) is 2.58. The molecule has 1 amide bonds. The second kappa shape index (κ2) is 6.37. The average molecular weight is 284 g/mol. The molecule has 0 unspecified atom stereocenters. The smallest absolute Gasteiger partial charge is 0.238 e. The molecule has 19 heavy (non-hydrogen) atoms. The molecule has 0 radical (unpaired) electrons. The van der Waals surface area contributed by atoms with Gasteiger partial charge in [-0.3, -0.25) is 9.69 Å². The van der Waals surface area contributed by atoms with Gasteiger partial charge in [-0.05, 0) is 19.4 Å². The van der Waals surface area contributed by atoms with E-state index in [9.17, 15) is 4.79 Å². The number of amides is 1. The van der Waals surface area contributed by atoms with Crippen LogP contribution in [0, 0.1) is 0 Å². The predicted octanol–water partition coefficient (Wildman–Crippen LogP) is 1.45. The summed E-state index contributed by atoms with van der Waals surface area (Å²) in [6.07, 6.45) is 0. The van der Waals surface area contributed by atoms with Crippen molar-refractivity contribution in [3.8, 4) is 0 Å². The van der Waals surface area contributed by atoms with E-state index < -0.39 is 0 Å². The zero-order valence-corrected chi connectivity index (χ0v) is 12.3. The van der Waals surface area contributed by atoms with Crippen LogP contribution in [0.1, 0.15) is 19.4 Å². The van der Waals surface area contributed by atoms with Crippen LogP contribution < -0.4 is 5.73 Å². The first-order valence-corrected chi connectivity index (χ1v) is 6.27. The van der Waals surface area contributed by atoms with Crippen LogP contribution in [0.4, 0.5) is 0 Å². The molecule has 2 rings (SSSR count). The summed E-state index contributed by atoms with van der Waals surface area (Å²) in [7, 11) is 0. The van der Waals surface area contributed by atoms with Gasteiger partial charge in [0, 0.05) is 18.6 Å². The molecule has 1 saturated heterocycles. The van der Waals surface area contributed by atoms with Gasteiger partial charge in [0.05, 0.1) is 13.2 Å². The molecule has 1 aliphatic rings.